The first kappa shape index (κ1) is 16.7. The largest absolute Gasteiger partial charge is 0.355 e. The smallest absolute Gasteiger partial charge is 0.319 e. The maximum Gasteiger partial charge on any atom is 0.319 e. The van der Waals surface area contributed by atoms with Crippen molar-refractivity contribution < 1.29 is 14.0 Å². The Morgan fingerprint density at radius 3 is 2.62 bits per heavy atom. The van der Waals surface area contributed by atoms with Gasteiger partial charge in [0.05, 0.1) is 6.54 Å². The molecule has 1 aromatic rings. The molecular weight excluding hydrogens is 311 g/mol. The third-order valence-corrected chi connectivity index (χ3v) is 4.36. The van der Waals surface area contributed by atoms with Gasteiger partial charge < -0.3 is 16.0 Å². The Bertz CT molecular complexity index is 589. The molecule has 1 heterocycles. The Labute approximate surface area is 140 Å². The average Bonchev–Trinajstić information content (AvgIpc) is 3.28. The van der Waals surface area contributed by atoms with Crippen molar-refractivity contribution in [3.8, 4) is 0 Å². The number of urea groups is 1. The summed E-state index contributed by atoms with van der Waals surface area (Å²) in [5.74, 6) is 0.391. The lowest BCUT2D eigenvalue weighted by Gasteiger charge is -2.16. The lowest BCUT2D eigenvalue weighted by molar-refractivity contribution is -0.122. The molecule has 2 fully saturated rings. The molecule has 3 amide bonds. The summed E-state index contributed by atoms with van der Waals surface area (Å²) >= 11 is 0. The molecule has 0 bridgehead atoms. The van der Waals surface area contributed by atoms with E-state index in [2.05, 4.69) is 16.0 Å². The van der Waals surface area contributed by atoms with E-state index in [1.165, 1.54) is 37.1 Å². The highest BCUT2D eigenvalue weighted by Gasteiger charge is 2.26. The fraction of sp³-hybridized carbons (Fsp3) is 0.529. The maximum atomic E-state index is 12.8. The molecule has 1 saturated carbocycles. The molecule has 1 unspecified atom stereocenters. The van der Waals surface area contributed by atoms with Gasteiger partial charge in [0.1, 0.15) is 5.82 Å². The Kier molecular flexibility index (Phi) is 5.30. The fourth-order valence-electron chi connectivity index (χ4n) is 2.82. The molecule has 1 saturated heterocycles. The number of nitrogens with zero attached hydrogens (tertiary/aromatic N) is 1. The lowest BCUT2D eigenvalue weighted by Crippen LogP contribution is -2.41. The summed E-state index contributed by atoms with van der Waals surface area (Å²) in [7, 11) is 0. The van der Waals surface area contributed by atoms with E-state index in [0.717, 1.165) is 19.5 Å². The summed E-state index contributed by atoms with van der Waals surface area (Å²) in [6.45, 7) is 2.62. The van der Waals surface area contributed by atoms with Crippen molar-refractivity contribution in [2.75, 3.05) is 31.5 Å². The van der Waals surface area contributed by atoms with Crippen LogP contribution in [0.1, 0.15) is 19.3 Å². The first-order chi connectivity index (χ1) is 11.6. The molecule has 7 heteroatoms. The summed E-state index contributed by atoms with van der Waals surface area (Å²) in [4.78, 5) is 25.8. The second kappa shape index (κ2) is 7.61. The zero-order valence-corrected chi connectivity index (χ0v) is 13.6. The number of hydrogen-bond donors (Lipinski definition) is 3. The maximum absolute atomic E-state index is 12.8. The Hall–Kier alpha value is -2.15. The van der Waals surface area contributed by atoms with Crippen LogP contribution in [0, 0.1) is 11.7 Å². The standard InChI is InChI=1S/C17H23FN4O2/c18-13-3-5-14(6-4-13)20-17(24)21-15-7-8-22(10-15)11-16(23)19-9-12-1-2-12/h3-6,12,15H,1-2,7-11H2,(H,19,23)(H2,20,21,24). The van der Waals surface area contributed by atoms with Crippen LogP contribution in [-0.4, -0.2) is 49.1 Å². The van der Waals surface area contributed by atoms with Gasteiger partial charge >= 0.3 is 6.03 Å². The number of hydrogen-bond acceptors (Lipinski definition) is 3. The van der Waals surface area contributed by atoms with Crippen molar-refractivity contribution >= 4 is 17.6 Å². The second-order valence-corrected chi connectivity index (χ2v) is 6.57. The van der Waals surface area contributed by atoms with Crippen molar-refractivity contribution in [3.05, 3.63) is 30.1 Å². The van der Waals surface area contributed by atoms with Gasteiger partial charge in [-0.25, -0.2) is 9.18 Å². The molecule has 0 aromatic heterocycles. The van der Waals surface area contributed by atoms with E-state index in [-0.39, 0.29) is 23.8 Å². The first-order valence-corrected chi connectivity index (χ1v) is 8.40. The molecule has 3 rings (SSSR count). The fourth-order valence-corrected chi connectivity index (χ4v) is 2.82. The first-order valence-electron chi connectivity index (χ1n) is 8.40. The second-order valence-electron chi connectivity index (χ2n) is 6.57. The van der Waals surface area contributed by atoms with Gasteiger partial charge in [0, 0.05) is 31.4 Å². The van der Waals surface area contributed by atoms with Crippen molar-refractivity contribution in [2.24, 2.45) is 5.92 Å². The van der Waals surface area contributed by atoms with Gasteiger partial charge in [-0.05, 0) is 49.4 Å². The minimum atomic E-state index is -0.340. The van der Waals surface area contributed by atoms with Gasteiger partial charge in [-0.1, -0.05) is 0 Å². The van der Waals surface area contributed by atoms with Gasteiger partial charge in [-0.15, -0.1) is 0 Å². The van der Waals surface area contributed by atoms with E-state index in [9.17, 15) is 14.0 Å². The molecule has 2 aliphatic rings. The number of amides is 3. The van der Waals surface area contributed by atoms with Gasteiger partial charge in [0.2, 0.25) is 5.91 Å². The molecule has 24 heavy (non-hydrogen) atoms. The van der Waals surface area contributed by atoms with E-state index in [4.69, 9.17) is 0 Å². The van der Waals surface area contributed by atoms with E-state index in [1.54, 1.807) is 0 Å². The van der Waals surface area contributed by atoms with E-state index in [1.807, 2.05) is 4.90 Å². The zero-order valence-electron chi connectivity index (χ0n) is 13.6. The van der Waals surface area contributed by atoms with Gasteiger partial charge in [-0.3, -0.25) is 9.69 Å². The number of nitrogens with one attached hydrogen (secondary N) is 3. The average molecular weight is 334 g/mol. The van der Waals surface area contributed by atoms with Crippen LogP contribution in [0.2, 0.25) is 0 Å². The number of carbonyl (C=O) groups is 2. The predicted octanol–water partition coefficient (Wildman–Crippen LogP) is 1.55. The summed E-state index contributed by atoms with van der Waals surface area (Å²) < 4.78 is 12.8. The SMILES string of the molecule is O=C(CN1CCC(NC(=O)Nc2ccc(F)cc2)C1)NCC1CC1. The molecule has 1 aliphatic carbocycles. The van der Waals surface area contributed by atoms with Crippen molar-refractivity contribution in [1.29, 1.82) is 0 Å². The number of carbonyl (C=O) groups excluding carboxylic acids is 2. The van der Waals surface area contributed by atoms with Crippen LogP contribution >= 0.6 is 0 Å². The van der Waals surface area contributed by atoms with Gasteiger partial charge in [0.15, 0.2) is 0 Å². The van der Waals surface area contributed by atoms with E-state index >= 15 is 0 Å². The number of halogens is 1. The molecule has 3 N–H and O–H groups in total. The Morgan fingerprint density at radius 1 is 1.17 bits per heavy atom. The van der Waals surface area contributed by atoms with Crippen LogP contribution in [0.15, 0.2) is 24.3 Å². The van der Waals surface area contributed by atoms with Crippen LogP contribution in [0.5, 0.6) is 0 Å². The molecular formula is C17H23FN4O2. The van der Waals surface area contributed by atoms with Crippen LogP contribution in [-0.2, 0) is 4.79 Å². The van der Waals surface area contributed by atoms with Crippen LogP contribution < -0.4 is 16.0 Å². The summed E-state index contributed by atoms with van der Waals surface area (Å²) in [5.41, 5.74) is 0.545. The molecule has 130 valence electrons. The summed E-state index contributed by atoms with van der Waals surface area (Å²) in [6.07, 6.45) is 3.26. The monoisotopic (exact) mass is 334 g/mol. The van der Waals surface area contributed by atoms with Gasteiger partial charge in [0.25, 0.3) is 0 Å². The third kappa shape index (κ3) is 5.19. The zero-order chi connectivity index (χ0) is 16.9. The quantitative estimate of drug-likeness (QED) is 0.739. The molecule has 0 spiro atoms. The topological polar surface area (TPSA) is 73.5 Å². The highest BCUT2D eigenvalue weighted by molar-refractivity contribution is 5.89. The Morgan fingerprint density at radius 2 is 1.92 bits per heavy atom. The predicted molar refractivity (Wildman–Crippen MR) is 89.1 cm³/mol. The normalized spacial score (nSPS) is 20.6. The molecule has 1 atom stereocenters. The van der Waals surface area contributed by atoms with E-state index < -0.39 is 0 Å². The van der Waals surface area contributed by atoms with Crippen LogP contribution in [0.4, 0.5) is 14.9 Å². The number of likely N-dealkylation sites (tertiary alicyclic amines) is 1. The Balaban J connectivity index is 1.36. The molecule has 1 aromatic carbocycles. The number of anilines is 1. The van der Waals surface area contributed by atoms with E-state index in [0.29, 0.717) is 24.7 Å². The van der Waals surface area contributed by atoms with Crippen molar-refractivity contribution in [2.45, 2.75) is 25.3 Å². The highest BCUT2D eigenvalue weighted by Crippen LogP contribution is 2.27. The number of rotatable bonds is 6. The highest BCUT2D eigenvalue weighted by atomic mass is 19.1. The minimum absolute atomic E-state index is 0.0154. The van der Waals surface area contributed by atoms with Crippen LogP contribution in [0.25, 0.3) is 0 Å². The van der Waals surface area contributed by atoms with Crippen molar-refractivity contribution in [1.82, 2.24) is 15.5 Å². The molecule has 1 aliphatic heterocycles. The summed E-state index contributed by atoms with van der Waals surface area (Å²) in [6, 6.07) is 5.33. The lowest BCUT2D eigenvalue weighted by atomic mass is 10.3. The van der Waals surface area contributed by atoms with Crippen molar-refractivity contribution in [3.63, 3.8) is 0 Å². The van der Waals surface area contributed by atoms with Gasteiger partial charge in [-0.2, -0.15) is 0 Å². The molecule has 0 radical (unpaired) electrons. The summed E-state index contributed by atoms with van der Waals surface area (Å²) in [5, 5.41) is 8.52. The molecule has 6 nitrogen and oxygen atoms in total. The third-order valence-electron chi connectivity index (χ3n) is 4.36. The minimum Gasteiger partial charge on any atom is -0.355 e. The number of benzene rings is 1. The van der Waals surface area contributed by atoms with Crippen LogP contribution in [0.3, 0.4) is 0 Å².